The van der Waals surface area contributed by atoms with E-state index >= 15 is 0 Å². The van der Waals surface area contributed by atoms with Crippen molar-refractivity contribution in [1.82, 2.24) is 5.32 Å². The molecule has 1 aliphatic heterocycles. The van der Waals surface area contributed by atoms with Gasteiger partial charge in [-0.25, -0.2) is 4.79 Å². The summed E-state index contributed by atoms with van der Waals surface area (Å²) in [7, 11) is 0. The van der Waals surface area contributed by atoms with E-state index in [9.17, 15) is 4.79 Å². The Balaban J connectivity index is 2.07. The van der Waals surface area contributed by atoms with Crippen molar-refractivity contribution in [2.45, 2.75) is 38.6 Å². The standard InChI is InChI=1S/C10H17N3O/c1-6-4-2-3-5-7(6)8-9(11)13-10(14)12-8/h6-8H,2-5H2,1H3,(H3,11,12,13,14). The third-order valence-electron chi connectivity index (χ3n) is 3.43. The first kappa shape index (κ1) is 9.49. The van der Waals surface area contributed by atoms with E-state index in [2.05, 4.69) is 17.2 Å². The van der Waals surface area contributed by atoms with Crippen LogP contribution in [-0.2, 0) is 0 Å². The summed E-state index contributed by atoms with van der Waals surface area (Å²) in [6.07, 6.45) is 4.94. The van der Waals surface area contributed by atoms with E-state index in [1.54, 1.807) is 0 Å². The van der Waals surface area contributed by atoms with Gasteiger partial charge in [0.1, 0.15) is 5.84 Å². The van der Waals surface area contributed by atoms with E-state index in [0.29, 0.717) is 17.7 Å². The maximum absolute atomic E-state index is 11.0. The van der Waals surface area contributed by atoms with Crippen LogP contribution < -0.4 is 11.1 Å². The van der Waals surface area contributed by atoms with Crippen molar-refractivity contribution in [3.63, 3.8) is 0 Å². The summed E-state index contributed by atoms with van der Waals surface area (Å²) in [4.78, 5) is 14.8. The zero-order chi connectivity index (χ0) is 10.1. The summed E-state index contributed by atoms with van der Waals surface area (Å²) in [6, 6.07) is -0.275. The van der Waals surface area contributed by atoms with Crippen LogP contribution in [0.15, 0.2) is 4.99 Å². The van der Waals surface area contributed by atoms with E-state index in [0.717, 1.165) is 6.42 Å². The molecule has 0 spiro atoms. The van der Waals surface area contributed by atoms with Gasteiger partial charge in [-0.05, 0) is 18.3 Å². The Labute approximate surface area is 84.0 Å². The minimum atomic E-state index is -0.273. The van der Waals surface area contributed by atoms with Crippen LogP contribution in [0.4, 0.5) is 4.79 Å². The summed E-state index contributed by atoms with van der Waals surface area (Å²) in [6.45, 7) is 2.24. The van der Waals surface area contributed by atoms with Crippen molar-refractivity contribution in [3.8, 4) is 0 Å². The smallest absolute Gasteiger partial charge is 0.343 e. The van der Waals surface area contributed by atoms with Crippen LogP contribution >= 0.6 is 0 Å². The van der Waals surface area contributed by atoms with Crippen LogP contribution in [0.3, 0.4) is 0 Å². The third kappa shape index (κ3) is 1.61. The average molecular weight is 195 g/mol. The van der Waals surface area contributed by atoms with Gasteiger partial charge in [0.25, 0.3) is 0 Å². The van der Waals surface area contributed by atoms with Gasteiger partial charge < -0.3 is 11.1 Å². The van der Waals surface area contributed by atoms with Crippen LogP contribution in [-0.4, -0.2) is 17.9 Å². The third-order valence-corrected chi connectivity index (χ3v) is 3.43. The molecule has 0 aromatic carbocycles. The van der Waals surface area contributed by atoms with E-state index in [1.807, 2.05) is 0 Å². The maximum Gasteiger partial charge on any atom is 0.343 e. The van der Waals surface area contributed by atoms with E-state index < -0.39 is 0 Å². The molecule has 1 aliphatic carbocycles. The molecule has 0 radical (unpaired) electrons. The number of nitrogens with two attached hydrogens (primary N) is 1. The Morgan fingerprint density at radius 3 is 2.71 bits per heavy atom. The molecule has 78 valence electrons. The van der Waals surface area contributed by atoms with Gasteiger partial charge in [0.15, 0.2) is 0 Å². The highest BCUT2D eigenvalue weighted by molar-refractivity contribution is 6.02. The highest BCUT2D eigenvalue weighted by Crippen LogP contribution is 2.32. The zero-order valence-electron chi connectivity index (χ0n) is 8.49. The van der Waals surface area contributed by atoms with Crippen molar-refractivity contribution in [2.24, 2.45) is 22.6 Å². The molecule has 1 saturated carbocycles. The van der Waals surface area contributed by atoms with Gasteiger partial charge in [-0.15, -0.1) is 0 Å². The molecule has 0 aromatic rings. The lowest BCUT2D eigenvalue weighted by molar-refractivity contribution is 0.220. The van der Waals surface area contributed by atoms with Gasteiger partial charge in [0, 0.05) is 0 Å². The molecule has 3 unspecified atom stereocenters. The van der Waals surface area contributed by atoms with Crippen LogP contribution in [0.2, 0.25) is 0 Å². The minimum Gasteiger partial charge on any atom is -0.385 e. The summed E-state index contributed by atoms with van der Waals surface area (Å²) in [5.41, 5.74) is 5.73. The second-order valence-electron chi connectivity index (χ2n) is 4.39. The second kappa shape index (κ2) is 3.59. The van der Waals surface area contributed by atoms with Crippen molar-refractivity contribution >= 4 is 11.9 Å². The molecule has 2 aliphatic rings. The molecule has 0 saturated heterocycles. The zero-order valence-corrected chi connectivity index (χ0v) is 8.49. The Bertz CT molecular complexity index is 275. The number of carbonyl (C=O) groups excluding carboxylic acids is 1. The fourth-order valence-corrected chi connectivity index (χ4v) is 2.59. The normalized spacial score (nSPS) is 37.9. The van der Waals surface area contributed by atoms with Crippen LogP contribution in [0.1, 0.15) is 32.6 Å². The highest BCUT2D eigenvalue weighted by atomic mass is 16.2. The number of nitrogens with one attached hydrogen (secondary N) is 1. The fourth-order valence-electron chi connectivity index (χ4n) is 2.59. The molecule has 0 aromatic heterocycles. The number of rotatable bonds is 1. The number of hydrogen-bond donors (Lipinski definition) is 2. The van der Waals surface area contributed by atoms with Gasteiger partial charge >= 0.3 is 6.03 Å². The predicted molar refractivity (Wildman–Crippen MR) is 55.1 cm³/mol. The Morgan fingerprint density at radius 1 is 1.43 bits per heavy atom. The van der Waals surface area contributed by atoms with E-state index in [1.165, 1.54) is 19.3 Å². The number of aliphatic imine (C=N–C) groups is 1. The van der Waals surface area contributed by atoms with Crippen LogP contribution in [0.5, 0.6) is 0 Å². The summed E-state index contributed by atoms with van der Waals surface area (Å²) >= 11 is 0. The molecule has 4 heteroatoms. The van der Waals surface area contributed by atoms with Crippen molar-refractivity contribution in [1.29, 1.82) is 0 Å². The molecule has 0 bridgehead atoms. The minimum absolute atomic E-state index is 0.00204. The molecule has 1 heterocycles. The van der Waals surface area contributed by atoms with E-state index in [-0.39, 0.29) is 12.1 Å². The molecule has 3 atom stereocenters. The van der Waals surface area contributed by atoms with Crippen molar-refractivity contribution in [3.05, 3.63) is 0 Å². The largest absolute Gasteiger partial charge is 0.385 e. The van der Waals surface area contributed by atoms with Crippen molar-refractivity contribution in [2.75, 3.05) is 0 Å². The molecule has 1 fully saturated rings. The van der Waals surface area contributed by atoms with Gasteiger partial charge in [0.2, 0.25) is 0 Å². The molecule has 4 nitrogen and oxygen atoms in total. The Kier molecular flexibility index (Phi) is 2.44. The summed E-state index contributed by atoms with van der Waals surface area (Å²) in [5.74, 6) is 1.61. The molecular formula is C10H17N3O. The molecule has 2 rings (SSSR count). The van der Waals surface area contributed by atoms with Crippen LogP contribution in [0, 0.1) is 11.8 Å². The van der Waals surface area contributed by atoms with Gasteiger partial charge in [-0.1, -0.05) is 26.2 Å². The summed E-state index contributed by atoms with van der Waals surface area (Å²) < 4.78 is 0. The number of nitrogens with zero attached hydrogens (tertiary/aromatic N) is 1. The number of hydrogen-bond acceptors (Lipinski definition) is 2. The molecule has 14 heavy (non-hydrogen) atoms. The first-order chi connectivity index (χ1) is 6.68. The Hall–Kier alpha value is -1.06. The first-order valence-electron chi connectivity index (χ1n) is 5.33. The lowest BCUT2D eigenvalue weighted by Gasteiger charge is -2.32. The molecule has 2 amide bonds. The maximum atomic E-state index is 11.0. The second-order valence-corrected chi connectivity index (χ2v) is 4.39. The molecule has 3 N–H and O–H groups in total. The predicted octanol–water partition coefficient (Wildman–Crippen LogP) is 1.26. The lowest BCUT2D eigenvalue weighted by atomic mass is 9.76. The number of amides is 2. The van der Waals surface area contributed by atoms with Gasteiger partial charge in [-0.2, -0.15) is 4.99 Å². The van der Waals surface area contributed by atoms with Crippen molar-refractivity contribution < 1.29 is 4.79 Å². The quantitative estimate of drug-likeness (QED) is 0.661. The highest BCUT2D eigenvalue weighted by Gasteiger charge is 2.35. The number of carbonyl (C=O) groups is 1. The number of amidine groups is 1. The van der Waals surface area contributed by atoms with Crippen LogP contribution in [0.25, 0.3) is 0 Å². The molecular weight excluding hydrogens is 178 g/mol. The van der Waals surface area contributed by atoms with E-state index in [4.69, 9.17) is 5.73 Å². The number of urea groups is 1. The lowest BCUT2D eigenvalue weighted by Crippen LogP contribution is -2.45. The fraction of sp³-hybridized carbons (Fsp3) is 0.800. The first-order valence-corrected chi connectivity index (χ1v) is 5.33. The monoisotopic (exact) mass is 195 g/mol. The van der Waals surface area contributed by atoms with Gasteiger partial charge in [0.05, 0.1) is 6.04 Å². The topological polar surface area (TPSA) is 67.5 Å². The SMILES string of the molecule is CC1CCCCC1C1NC(=O)N=C1N. The average Bonchev–Trinajstić information content (AvgIpc) is 2.46. The van der Waals surface area contributed by atoms with Gasteiger partial charge in [-0.3, -0.25) is 0 Å². The summed E-state index contributed by atoms with van der Waals surface area (Å²) in [5, 5.41) is 2.84. The Morgan fingerprint density at radius 2 is 2.14 bits per heavy atom.